The third-order valence-electron chi connectivity index (χ3n) is 2.41. The van der Waals surface area contributed by atoms with Crippen LogP contribution in [0.25, 0.3) is 0 Å². The molecule has 0 bridgehead atoms. The third-order valence-corrected chi connectivity index (χ3v) is 2.41. The van der Waals surface area contributed by atoms with E-state index < -0.39 is 0 Å². The molecule has 0 aliphatic carbocycles. The average molecular weight is 244 g/mol. The van der Waals surface area contributed by atoms with Crippen LogP contribution in [0.5, 0.6) is 0 Å². The van der Waals surface area contributed by atoms with E-state index in [-0.39, 0.29) is 0 Å². The summed E-state index contributed by atoms with van der Waals surface area (Å²) < 4.78 is 0. The number of aliphatic hydroxyl groups excluding tert-OH is 2. The third kappa shape index (κ3) is 21.4. The first-order valence-electron chi connectivity index (χ1n) is 6.77. The van der Waals surface area contributed by atoms with Crippen LogP contribution in [0.3, 0.4) is 0 Å². The van der Waals surface area contributed by atoms with Crippen molar-refractivity contribution >= 4 is 0 Å². The van der Waals surface area contributed by atoms with E-state index >= 15 is 0 Å². The lowest BCUT2D eigenvalue weighted by molar-refractivity contribution is 0.227. The van der Waals surface area contributed by atoms with Crippen molar-refractivity contribution in [2.24, 2.45) is 11.3 Å². The van der Waals surface area contributed by atoms with E-state index in [9.17, 15) is 0 Å². The highest BCUT2D eigenvalue weighted by Gasteiger charge is 2.14. The Morgan fingerprint density at radius 1 is 1.24 bits per heavy atom. The lowest BCUT2D eigenvalue weighted by Crippen LogP contribution is -2.11. The first-order valence-corrected chi connectivity index (χ1v) is 6.77. The maximum atomic E-state index is 8.63. The minimum atomic E-state index is 0.331. The van der Waals surface area contributed by atoms with Crippen LogP contribution in [0.4, 0.5) is 0 Å². The molecule has 0 fully saturated rings. The number of allylic oxidation sites excluding steroid dienone is 1. The van der Waals surface area contributed by atoms with Gasteiger partial charge in [-0.25, -0.2) is 0 Å². The minimum absolute atomic E-state index is 0.331. The van der Waals surface area contributed by atoms with Crippen LogP contribution >= 0.6 is 0 Å². The topological polar surface area (TPSA) is 40.5 Å². The van der Waals surface area contributed by atoms with Crippen molar-refractivity contribution in [3.63, 3.8) is 0 Å². The van der Waals surface area contributed by atoms with Crippen molar-refractivity contribution in [3.8, 4) is 0 Å². The summed E-state index contributed by atoms with van der Waals surface area (Å²) in [4.78, 5) is 0. The van der Waals surface area contributed by atoms with Crippen LogP contribution in [0.2, 0.25) is 0 Å². The van der Waals surface area contributed by atoms with Gasteiger partial charge in [0.15, 0.2) is 0 Å². The molecule has 17 heavy (non-hydrogen) atoms. The van der Waals surface area contributed by atoms with Crippen LogP contribution in [0, 0.1) is 11.3 Å². The fourth-order valence-electron chi connectivity index (χ4n) is 1.76. The standard InChI is InChI=1S/C9H20O.C6H12O/c1-8(5-6-10)7-9(2,3)4;1-2-3-4-5-6-7/h8,10H,5-7H2,1-4H3;5-7H,2-4H2,1H3. The highest BCUT2D eigenvalue weighted by atomic mass is 16.3. The van der Waals surface area contributed by atoms with Crippen molar-refractivity contribution in [3.05, 3.63) is 12.3 Å². The molecule has 104 valence electrons. The van der Waals surface area contributed by atoms with E-state index in [0.29, 0.717) is 17.9 Å². The van der Waals surface area contributed by atoms with Gasteiger partial charge in [0.2, 0.25) is 0 Å². The molecule has 0 heterocycles. The summed E-state index contributed by atoms with van der Waals surface area (Å²) in [5.74, 6) is 0.657. The van der Waals surface area contributed by atoms with Crippen molar-refractivity contribution < 1.29 is 10.2 Å². The zero-order valence-electron chi connectivity index (χ0n) is 12.4. The summed E-state index contributed by atoms with van der Waals surface area (Å²) in [6.07, 6.45) is 8.40. The van der Waals surface area contributed by atoms with Gasteiger partial charge in [-0.2, -0.15) is 0 Å². The highest BCUT2D eigenvalue weighted by molar-refractivity contribution is 4.70. The van der Waals surface area contributed by atoms with Gasteiger partial charge in [-0.15, -0.1) is 0 Å². The molecule has 0 aliphatic rings. The van der Waals surface area contributed by atoms with Crippen LogP contribution in [0.1, 0.15) is 66.7 Å². The Labute approximate surface area is 108 Å². The predicted molar refractivity (Wildman–Crippen MR) is 76.2 cm³/mol. The lowest BCUT2D eigenvalue weighted by Gasteiger charge is -2.22. The van der Waals surface area contributed by atoms with Gasteiger partial charge in [0, 0.05) is 6.61 Å². The number of rotatable bonds is 6. The fraction of sp³-hybridized carbons (Fsp3) is 0.867. The zero-order valence-corrected chi connectivity index (χ0v) is 12.4. The second kappa shape index (κ2) is 12.0. The van der Waals surface area contributed by atoms with Crippen molar-refractivity contribution in [1.29, 1.82) is 0 Å². The van der Waals surface area contributed by atoms with Crippen molar-refractivity contribution in [2.75, 3.05) is 6.61 Å². The van der Waals surface area contributed by atoms with Gasteiger partial charge in [-0.3, -0.25) is 0 Å². The summed E-state index contributed by atoms with van der Waals surface area (Å²) in [7, 11) is 0. The lowest BCUT2D eigenvalue weighted by atomic mass is 9.84. The van der Waals surface area contributed by atoms with E-state index in [2.05, 4.69) is 34.6 Å². The monoisotopic (exact) mass is 244 g/mol. The molecule has 1 atom stereocenters. The first kappa shape index (κ1) is 18.9. The van der Waals surface area contributed by atoms with E-state index in [4.69, 9.17) is 10.2 Å². The van der Waals surface area contributed by atoms with Crippen LogP contribution in [0.15, 0.2) is 12.3 Å². The van der Waals surface area contributed by atoms with Gasteiger partial charge >= 0.3 is 0 Å². The Morgan fingerprint density at radius 2 is 1.82 bits per heavy atom. The molecule has 0 aliphatic heterocycles. The Balaban J connectivity index is 0. The summed E-state index contributed by atoms with van der Waals surface area (Å²) in [5, 5.41) is 16.7. The van der Waals surface area contributed by atoms with Crippen molar-refractivity contribution in [1.82, 2.24) is 0 Å². The first-order chi connectivity index (χ1) is 7.87. The van der Waals surface area contributed by atoms with Crippen molar-refractivity contribution in [2.45, 2.75) is 66.7 Å². The normalized spacial score (nSPS) is 13.3. The molecule has 0 aromatic carbocycles. The van der Waals surface area contributed by atoms with Gasteiger partial charge in [-0.1, -0.05) is 47.1 Å². The molecule has 0 aromatic rings. The molecule has 0 saturated carbocycles. The molecule has 1 unspecified atom stereocenters. The Kier molecular flexibility index (Phi) is 13.3. The molecule has 0 aromatic heterocycles. The molecule has 2 heteroatoms. The van der Waals surface area contributed by atoms with E-state index in [1.165, 1.54) is 19.3 Å². The maximum Gasteiger partial charge on any atom is 0.0751 e. The molecule has 0 saturated heterocycles. The quantitative estimate of drug-likeness (QED) is 0.525. The Morgan fingerprint density at radius 3 is 2.18 bits per heavy atom. The molecular formula is C15H32O2. The largest absolute Gasteiger partial charge is 0.516 e. The number of hydrogen-bond acceptors (Lipinski definition) is 2. The summed E-state index contributed by atoms with van der Waals surface area (Å²) in [6, 6.07) is 0. The van der Waals surface area contributed by atoms with E-state index in [1.54, 1.807) is 6.08 Å². The van der Waals surface area contributed by atoms with Gasteiger partial charge in [0.05, 0.1) is 6.26 Å². The van der Waals surface area contributed by atoms with Crippen LogP contribution in [-0.4, -0.2) is 16.8 Å². The second-order valence-corrected chi connectivity index (χ2v) is 5.91. The molecule has 0 spiro atoms. The molecule has 0 radical (unpaired) electrons. The van der Waals surface area contributed by atoms with Gasteiger partial charge < -0.3 is 10.2 Å². The smallest absolute Gasteiger partial charge is 0.0751 e. The fourth-order valence-corrected chi connectivity index (χ4v) is 1.76. The Bertz CT molecular complexity index is 168. The number of aliphatic hydroxyl groups is 2. The molecule has 0 rings (SSSR count). The van der Waals surface area contributed by atoms with E-state index in [1.807, 2.05) is 0 Å². The summed E-state index contributed by atoms with van der Waals surface area (Å²) in [5.41, 5.74) is 0.411. The van der Waals surface area contributed by atoms with E-state index in [0.717, 1.165) is 19.1 Å². The SMILES string of the molecule is CC(CCO)CC(C)(C)C.CCCCC=CO. The average Bonchev–Trinajstić information content (AvgIpc) is 2.17. The molecular weight excluding hydrogens is 212 g/mol. The summed E-state index contributed by atoms with van der Waals surface area (Å²) >= 11 is 0. The maximum absolute atomic E-state index is 8.63. The summed E-state index contributed by atoms with van der Waals surface area (Å²) in [6.45, 7) is 11.4. The van der Waals surface area contributed by atoms with Crippen LogP contribution < -0.4 is 0 Å². The Hall–Kier alpha value is -0.500. The minimum Gasteiger partial charge on any atom is -0.516 e. The number of hydrogen-bond donors (Lipinski definition) is 2. The second-order valence-electron chi connectivity index (χ2n) is 5.91. The van der Waals surface area contributed by atoms with Gasteiger partial charge in [0.1, 0.15) is 0 Å². The predicted octanol–water partition coefficient (Wildman–Crippen LogP) is 4.69. The van der Waals surface area contributed by atoms with Gasteiger partial charge in [-0.05, 0) is 37.0 Å². The number of unbranched alkanes of at least 4 members (excludes halogenated alkanes) is 2. The van der Waals surface area contributed by atoms with Gasteiger partial charge in [0.25, 0.3) is 0 Å². The molecule has 2 nitrogen and oxygen atoms in total. The highest BCUT2D eigenvalue weighted by Crippen LogP contribution is 2.25. The molecule has 0 amide bonds. The zero-order chi connectivity index (χ0) is 13.7. The molecule has 2 N–H and O–H groups in total. The van der Waals surface area contributed by atoms with Crippen LogP contribution in [-0.2, 0) is 0 Å².